The highest BCUT2D eigenvalue weighted by Gasteiger charge is 2.38. The van der Waals surface area contributed by atoms with Crippen molar-refractivity contribution in [2.75, 3.05) is 44.5 Å². The van der Waals surface area contributed by atoms with Crippen LogP contribution in [0.5, 0.6) is 0 Å². The zero-order valence-electron chi connectivity index (χ0n) is 40.4. The van der Waals surface area contributed by atoms with E-state index in [2.05, 4.69) is 175 Å². The molecule has 64 heavy (non-hydrogen) atoms. The maximum atomic E-state index is 6.22. The lowest BCUT2D eigenvalue weighted by atomic mass is 9.72. The van der Waals surface area contributed by atoms with Crippen LogP contribution < -0.4 is 4.90 Å². The highest BCUT2D eigenvalue weighted by atomic mass is 16.5. The summed E-state index contributed by atoms with van der Waals surface area (Å²) in [5.41, 5.74) is 12.9. The fourth-order valence-electron chi connectivity index (χ4n) is 9.81. The molecule has 0 N–H and O–H groups in total. The van der Waals surface area contributed by atoms with Crippen LogP contribution in [0.25, 0.3) is 0 Å². The monoisotopic (exact) mass is 864 g/mol. The van der Waals surface area contributed by atoms with Crippen molar-refractivity contribution in [3.8, 4) is 0 Å². The highest BCUT2D eigenvalue weighted by molar-refractivity contribution is 5.77. The van der Waals surface area contributed by atoms with E-state index in [1.165, 1.54) is 63.9 Å². The minimum absolute atomic E-state index is 0.116. The first-order valence-electron chi connectivity index (χ1n) is 24.7. The summed E-state index contributed by atoms with van der Waals surface area (Å²) < 4.78 is 23.4. The number of unbranched alkanes of at least 4 members (excludes halogenated alkanes) is 2. The van der Waals surface area contributed by atoms with Crippen LogP contribution in [0.4, 0.5) is 17.1 Å². The lowest BCUT2D eigenvalue weighted by Gasteiger charge is -2.40. The van der Waals surface area contributed by atoms with Crippen LogP contribution >= 0.6 is 0 Å². The van der Waals surface area contributed by atoms with E-state index >= 15 is 0 Å². The second kappa shape index (κ2) is 21.8. The van der Waals surface area contributed by atoms with E-state index in [4.69, 9.17) is 18.9 Å². The Morgan fingerprint density at radius 3 is 1.16 bits per heavy atom. The summed E-state index contributed by atoms with van der Waals surface area (Å²) in [5.74, 6) is 0. The van der Waals surface area contributed by atoms with Crippen LogP contribution in [-0.4, -0.2) is 39.6 Å². The molecule has 0 spiro atoms. The molecule has 0 radical (unpaired) electrons. The third-order valence-corrected chi connectivity index (χ3v) is 15.0. The number of anilines is 3. The summed E-state index contributed by atoms with van der Waals surface area (Å²) >= 11 is 0. The maximum absolute atomic E-state index is 6.22. The van der Waals surface area contributed by atoms with E-state index < -0.39 is 0 Å². The van der Waals surface area contributed by atoms with Crippen LogP contribution in [0.2, 0.25) is 0 Å². The molecule has 2 heterocycles. The Morgan fingerprint density at radius 2 is 0.812 bits per heavy atom. The molecule has 0 amide bonds. The van der Waals surface area contributed by atoms with Gasteiger partial charge < -0.3 is 23.8 Å². The Balaban J connectivity index is 1.13. The number of hydrogen-bond acceptors (Lipinski definition) is 5. The Labute approximate surface area is 386 Å². The minimum atomic E-state index is -0.118. The van der Waals surface area contributed by atoms with Crippen LogP contribution in [0.3, 0.4) is 0 Å². The molecule has 2 fully saturated rings. The van der Waals surface area contributed by atoms with Gasteiger partial charge in [-0.25, -0.2) is 0 Å². The molecule has 5 nitrogen and oxygen atoms in total. The van der Waals surface area contributed by atoms with Gasteiger partial charge in [-0.15, -0.1) is 0 Å². The molecular weight excluding hydrogens is 787 g/mol. The van der Waals surface area contributed by atoms with E-state index in [1.54, 1.807) is 0 Å². The largest absolute Gasteiger partial charge is 0.380 e. The molecule has 5 aromatic rings. The van der Waals surface area contributed by atoms with Gasteiger partial charge in [0.2, 0.25) is 0 Å². The van der Waals surface area contributed by atoms with Gasteiger partial charge in [-0.2, -0.15) is 0 Å². The Kier molecular flexibility index (Phi) is 16.3. The predicted octanol–water partition coefficient (Wildman–Crippen LogP) is 15.0. The molecule has 0 aliphatic carbocycles. The average Bonchev–Trinajstić information content (AvgIpc) is 3.30. The first-order chi connectivity index (χ1) is 31.1. The fourth-order valence-corrected chi connectivity index (χ4v) is 9.81. The summed E-state index contributed by atoms with van der Waals surface area (Å²) in [5, 5.41) is 0. The maximum Gasteiger partial charge on any atom is 0.0717 e. The topological polar surface area (TPSA) is 40.2 Å². The third kappa shape index (κ3) is 10.9. The van der Waals surface area contributed by atoms with Gasteiger partial charge in [-0.05, 0) is 114 Å². The third-order valence-electron chi connectivity index (χ3n) is 15.0. The quantitative estimate of drug-likeness (QED) is 0.0585. The summed E-state index contributed by atoms with van der Waals surface area (Å²) in [6.07, 6.45) is 11.3. The molecule has 0 aromatic heterocycles. The molecule has 342 valence electrons. The molecular formula is C59H77NO4. The summed E-state index contributed by atoms with van der Waals surface area (Å²) in [6, 6.07) is 46.4. The van der Waals surface area contributed by atoms with Crippen molar-refractivity contribution >= 4 is 17.1 Å². The molecule has 7 rings (SSSR count). The Hall–Kier alpha value is -4.26. The van der Waals surface area contributed by atoms with E-state index in [9.17, 15) is 0 Å². The van der Waals surface area contributed by atoms with Gasteiger partial charge in [0.15, 0.2) is 0 Å². The highest BCUT2D eigenvalue weighted by Crippen LogP contribution is 2.43. The van der Waals surface area contributed by atoms with E-state index in [1.807, 2.05) is 0 Å². The molecule has 2 aliphatic heterocycles. The van der Waals surface area contributed by atoms with Crippen molar-refractivity contribution in [1.82, 2.24) is 0 Å². The smallest absolute Gasteiger partial charge is 0.0717 e. The molecule has 2 aliphatic rings. The summed E-state index contributed by atoms with van der Waals surface area (Å²) in [7, 11) is 0. The molecule has 5 heteroatoms. The molecule has 2 unspecified atom stereocenters. The molecule has 2 saturated heterocycles. The molecule has 0 saturated carbocycles. The number of rotatable bonds is 25. The van der Waals surface area contributed by atoms with Crippen molar-refractivity contribution in [1.29, 1.82) is 0 Å². The Morgan fingerprint density at radius 1 is 0.453 bits per heavy atom. The molecule has 2 atom stereocenters. The fraction of sp³-hybridized carbons (Fsp3) is 0.492. The van der Waals surface area contributed by atoms with Gasteiger partial charge >= 0.3 is 0 Å². The van der Waals surface area contributed by atoms with Crippen molar-refractivity contribution < 1.29 is 18.9 Å². The number of ether oxygens (including phenoxy) is 4. The van der Waals surface area contributed by atoms with Crippen LogP contribution in [0.1, 0.15) is 145 Å². The standard InChI is InChI=1S/C59H77NO4/c1-8-13-15-46-20-30-53(31-21-46)60(54-32-26-51(27-33-54)56(6,36-10-3)49-22-16-47(17-23-49)38-61-40-58(11-4)42-63-43-58)55-34-28-52(29-35-55)57(7,37-14-9-2)50-24-18-48(19-25-50)39-62-41-59(12-5)44-64-45-59/h16-35H,8-15,36-45H2,1-7H3. The first kappa shape index (κ1) is 47.7. The SMILES string of the molecule is CCCCc1ccc(N(c2ccc(C(C)(CCC)c3ccc(COCC4(CC)COC4)cc3)cc2)c2ccc(C(C)(CCCC)c3ccc(COCC4(CC)COC4)cc3)cc2)cc1. The van der Waals surface area contributed by atoms with Gasteiger partial charge in [-0.3, -0.25) is 0 Å². The number of benzene rings is 5. The average molecular weight is 864 g/mol. The predicted molar refractivity (Wildman–Crippen MR) is 266 cm³/mol. The lowest BCUT2D eigenvalue weighted by molar-refractivity contribution is -0.152. The zero-order chi connectivity index (χ0) is 45.0. The molecule has 5 aromatic carbocycles. The molecule has 0 bridgehead atoms. The second-order valence-electron chi connectivity index (χ2n) is 19.8. The van der Waals surface area contributed by atoms with Gasteiger partial charge in [0.1, 0.15) is 0 Å². The minimum Gasteiger partial charge on any atom is -0.380 e. The first-order valence-corrected chi connectivity index (χ1v) is 24.7. The van der Waals surface area contributed by atoms with E-state index in [-0.39, 0.29) is 21.7 Å². The van der Waals surface area contributed by atoms with Gasteiger partial charge in [-0.1, -0.05) is 159 Å². The summed E-state index contributed by atoms with van der Waals surface area (Å²) in [6.45, 7) is 22.2. The normalized spacial score (nSPS) is 17.2. The second-order valence-corrected chi connectivity index (χ2v) is 19.8. The van der Waals surface area contributed by atoms with E-state index in [0.717, 1.165) is 96.0 Å². The number of aryl methyl sites for hydroxylation is 1. The van der Waals surface area contributed by atoms with Gasteiger partial charge in [0.05, 0.1) is 52.9 Å². The van der Waals surface area contributed by atoms with Gasteiger partial charge in [0, 0.05) is 38.7 Å². The van der Waals surface area contributed by atoms with Crippen molar-refractivity contribution in [2.45, 2.75) is 137 Å². The van der Waals surface area contributed by atoms with Crippen LogP contribution in [0, 0.1) is 10.8 Å². The Bertz CT molecular complexity index is 2140. The van der Waals surface area contributed by atoms with Crippen molar-refractivity contribution in [3.63, 3.8) is 0 Å². The van der Waals surface area contributed by atoms with E-state index in [0.29, 0.717) is 13.2 Å². The summed E-state index contributed by atoms with van der Waals surface area (Å²) in [4.78, 5) is 2.43. The van der Waals surface area contributed by atoms with Crippen LogP contribution in [-0.2, 0) is 49.4 Å². The zero-order valence-corrected chi connectivity index (χ0v) is 40.4. The van der Waals surface area contributed by atoms with Crippen molar-refractivity contribution in [2.24, 2.45) is 10.8 Å². The number of hydrogen-bond donors (Lipinski definition) is 0. The lowest BCUT2D eigenvalue weighted by Crippen LogP contribution is -2.45. The van der Waals surface area contributed by atoms with Crippen molar-refractivity contribution in [3.05, 3.63) is 160 Å². The van der Waals surface area contributed by atoms with Crippen LogP contribution in [0.15, 0.2) is 121 Å². The number of nitrogens with zero attached hydrogens (tertiary/aromatic N) is 1. The van der Waals surface area contributed by atoms with Gasteiger partial charge in [0.25, 0.3) is 0 Å².